The van der Waals surface area contributed by atoms with Crippen molar-refractivity contribution in [1.29, 1.82) is 0 Å². The maximum absolute atomic E-state index is 8.91. The van der Waals surface area contributed by atoms with E-state index in [2.05, 4.69) is 25.8 Å². The van der Waals surface area contributed by atoms with Crippen LogP contribution in [-0.2, 0) is 19.1 Å². The van der Waals surface area contributed by atoms with Crippen molar-refractivity contribution in [1.82, 2.24) is 9.55 Å². The number of aromatic nitrogens is 2. The quantitative estimate of drug-likeness (QED) is 0.684. The van der Waals surface area contributed by atoms with Gasteiger partial charge in [-0.05, 0) is 0 Å². The Morgan fingerprint density at radius 1 is 1.50 bits per heavy atom. The summed E-state index contributed by atoms with van der Waals surface area (Å²) in [7, 11) is 1.90. The molecule has 0 amide bonds. The standard InChI is InChI=1S/C9H16N2O/c1-9(2,3)7-5-11(4)8(6-12)10-7/h5,12H,6H2,1-4H3. The van der Waals surface area contributed by atoms with Crippen molar-refractivity contribution in [3.8, 4) is 0 Å². The number of nitrogens with zero attached hydrogens (tertiary/aromatic N) is 2. The third-order valence-corrected chi connectivity index (χ3v) is 1.88. The van der Waals surface area contributed by atoms with Crippen molar-refractivity contribution in [2.75, 3.05) is 0 Å². The van der Waals surface area contributed by atoms with Gasteiger partial charge in [0.1, 0.15) is 12.4 Å². The summed E-state index contributed by atoms with van der Waals surface area (Å²) < 4.78 is 1.86. The molecule has 0 spiro atoms. The van der Waals surface area contributed by atoms with Gasteiger partial charge in [0.25, 0.3) is 0 Å². The first-order valence-corrected chi connectivity index (χ1v) is 4.08. The Morgan fingerprint density at radius 3 is 2.33 bits per heavy atom. The molecule has 0 saturated heterocycles. The Hall–Kier alpha value is -0.830. The highest BCUT2D eigenvalue weighted by atomic mass is 16.3. The molecule has 68 valence electrons. The second-order valence-electron chi connectivity index (χ2n) is 4.06. The van der Waals surface area contributed by atoms with E-state index >= 15 is 0 Å². The van der Waals surface area contributed by atoms with E-state index in [0.29, 0.717) is 0 Å². The van der Waals surface area contributed by atoms with E-state index in [-0.39, 0.29) is 12.0 Å². The molecule has 0 radical (unpaired) electrons. The second kappa shape index (κ2) is 2.90. The highest BCUT2D eigenvalue weighted by molar-refractivity contribution is 5.12. The molecule has 1 aromatic heterocycles. The van der Waals surface area contributed by atoms with Crippen LogP contribution in [0.15, 0.2) is 6.20 Å². The number of aliphatic hydroxyl groups excluding tert-OH is 1. The van der Waals surface area contributed by atoms with E-state index in [1.165, 1.54) is 0 Å². The molecule has 12 heavy (non-hydrogen) atoms. The molecule has 0 aliphatic carbocycles. The molecule has 3 heteroatoms. The second-order valence-corrected chi connectivity index (χ2v) is 4.06. The van der Waals surface area contributed by atoms with Crippen molar-refractivity contribution in [3.63, 3.8) is 0 Å². The molecule has 3 nitrogen and oxygen atoms in total. The van der Waals surface area contributed by atoms with Gasteiger partial charge in [-0.1, -0.05) is 20.8 Å². The number of aryl methyl sites for hydroxylation is 1. The van der Waals surface area contributed by atoms with Crippen LogP contribution in [0.25, 0.3) is 0 Å². The fourth-order valence-corrected chi connectivity index (χ4v) is 1.01. The first kappa shape index (κ1) is 9.26. The van der Waals surface area contributed by atoms with Gasteiger partial charge in [0, 0.05) is 18.7 Å². The summed E-state index contributed by atoms with van der Waals surface area (Å²) in [5.41, 5.74) is 1.08. The number of imidazole rings is 1. The van der Waals surface area contributed by atoms with E-state index in [0.717, 1.165) is 11.5 Å². The molecule has 0 aromatic carbocycles. The number of rotatable bonds is 1. The van der Waals surface area contributed by atoms with Crippen molar-refractivity contribution in [2.45, 2.75) is 32.8 Å². The summed E-state index contributed by atoms with van der Waals surface area (Å²) in [5, 5.41) is 8.91. The number of hydrogen-bond donors (Lipinski definition) is 1. The minimum atomic E-state index is 0.00653. The predicted octanol–water partition coefficient (Wildman–Crippen LogP) is 1.21. The molecule has 0 fully saturated rings. The molecule has 1 aromatic rings. The third kappa shape index (κ3) is 1.67. The van der Waals surface area contributed by atoms with E-state index in [1.54, 1.807) is 0 Å². The lowest BCUT2D eigenvalue weighted by atomic mass is 9.93. The van der Waals surface area contributed by atoms with Gasteiger partial charge in [-0.3, -0.25) is 0 Å². The monoisotopic (exact) mass is 168 g/mol. The van der Waals surface area contributed by atoms with E-state index in [4.69, 9.17) is 5.11 Å². The topological polar surface area (TPSA) is 38.0 Å². The molecule has 1 rings (SSSR count). The van der Waals surface area contributed by atoms with Gasteiger partial charge in [-0.15, -0.1) is 0 Å². The van der Waals surface area contributed by atoms with Crippen LogP contribution in [-0.4, -0.2) is 14.7 Å². The zero-order valence-corrected chi connectivity index (χ0v) is 8.13. The lowest BCUT2D eigenvalue weighted by Gasteiger charge is -2.13. The SMILES string of the molecule is Cn1cc(C(C)(C)C)nc1CO. The van der Waals surface area contributed by atoms with Crippen LogP contribution in [0.3, 0.4) is 0 Å². The first-order chi connectivity index (χ1) is 5.45. The number of hydrogen-bond acceptors (Lipinski definition) is 2. The zero-order chi connectivity index (χ0) is 9.35. The normalized spacial score (nSPS) is 12.1. The predicted molar refractivity (Wildman–Crippen MR) is 47.8 cm³/mol. The Kier molecular flexibility index (Phi) is 2.24. The van der Waals surface area contributed by atoms with Gasteiger partial charge in [0.2, 0.25) is 0 Å². The van der Waals surface area contributed by atoms with E-state index in [1.807, 2.05) is 17.8 Å². The highest BCUT2D eigenvalue weighted by Gasteiger charge is 2.18. The lowest BCUT2D eigenvalue weighted by Crippen LogP contribution is -2.11. The van der Waals surface area contributed by atoms with Crippen LogP contribution < -0.4 is 0 Å². The fraction of sp³-hybridized carbons (Fsp3) is 0.667. The van der Waals surface area contributed by atoms with Gasteiger partial charge in [0.05, 0.1) is 5.69 Å². The van der Waals surface area contributed by atoms with Gasteiger partial charge in [-0.25, -0.2) is 4.98 Å². The molecular formula is C9H16N2O. The lowest BCUT2D eigenvalue weighted by molar-refractivity contribution is 0.267. The molecule has 0 aliphatic rings. The molecule has 1 heterocycles. The smallest absolute Gasteiger partial charge is 0.134 e. The fourth-order valence-electron chi connectivity index (χ4n) is 1.01. The molecule has 0 unspecified atom stereocenters. The Balaban J connectivity index is 3.05. The van der Waals surface area contributed by atoms with Crippen molar-refractivity contribution < 1.29 is 5.11 Å². The maximum Gasteiger partial charge on any atom is 0.134 e. The van der Waals surface area contributed by atoms with Gasteiger partial charge in [0.15, 0.2) is 0 Å². The summed E-state index contributed by atoms with van der Waals surface area (Å²) in [6, 6.07) is 0. The molecule has 1 N–H and O–H groups in total. The molecular weight excluding hydrogens is 152 g/mol. The molecule has 0 atom stereocenters. The minimum Gasteiger partial charge on any atom is -0.388 e. The maximum atomic E-state index is 8.91. The van der Waals surface area contributed by atoms with E-state index < -0.39 is 0 Å². The van der Waals surface area contributed by atoms with Crippen LogP contribution in [0.5, 0.6) is 0 Å². The van der Waals surface area contributed by atoms with Gasteiger partial charge < -0.3 is 9.67 Å². The largest absolute Gasteiger partial charge is 0.388 e. The van der Waals surface area contributed by atoms with E-state index in [9.17, 15) is 0 Å². The summed E-state index contributed by atoms with van der Waals surface area (Å²) in [6.07, 6.45) is 1.96. The Bertz CT molecular complexity index is 271. The van der Waals surface area contributed by atoms with Crippen molar-refractivity contribution in [3.05, 3.63) is 17.7 Å². The summed E-state index contributed by atoms with van der Waals surface area (Å²) >= 11 is 0. The summed E-state index contributed by atoms with van der Waals surface area (Å²) in [6.45, 7) is 6.33. The van der Waals surface area contributed by atoms with Crippen LogP contribution >= 0.6 is 0 Å². The van der Waals surface area contributed by atoms with Crippen molar-refractivity contribution >= 4 is 0 Å². The van der Waals surface area contributed by atoms with Crippen LogP contribution in [0.4, 0.5) is 0 Å². The average molecular weight is 168 g/mol. The summed E-state index contributed by atoms with van der Waals surface area (Å²) in [4.78, 5) is 4.31. The van der Waals surface area contributed by atoms with Crippen LogP contribution in [0.2, 0.25) is 0 Å². The summed E-state index contributed by atoms with van der Waals surface area (Å²) in [5.74, 6) is 0.722. The van der Waals surface area contributed by atoms with Crippen molar-refractivity contribution in [2.24, 2.45) is 7.05 Å². The minimum absolute atomic E-state index is 0.00653. The first-order valence-electron chi connectivity index (χ1n) is 4.08. The average Bonchev–Trinajstić information content (AvgIpc) is 2.29. The highest BCUT2D eigenvalue weighted by Crippen LogP contribution is 2.20. The Labute approximate surface area is 73.1 Å². The third-order valence-electron chi connectivity index (χ3n) is 1.88. The Morgan fingerprint density at radius 2 is 2.08 bits per heavy atom. The number of aliphatic hydroxyl groups is 1. The molecule has 0 bridgehead atoms. The van der Waals surface area contributed by atoms with Crippen LogP contribution in [0, 0.1) is 0 Å². The molecule has 0 aliphatic heterocycles. The van der Waals surface area contributed by atoms with Crippen LogP contribution in [0.1, 0.15) is 32.3 Å². The van der Waals surface area contributed by atoms with Gasteiger partial charge >= 0.3 is 0 Å². The molecule has 0 saturated carbocycles. The zero-order valence-electron chi connectivity index (χ0n) is 8.13. The van der Waals surface area contributed by atoms with Gasteiger partial charge in [-0.2, -0.15) is 0 Å².